The van der Waals surface area contributed by atoms with E-state index in [-0.39, 0.29) is 0 Å². The van der Waals surface area contributed by atoms with E-state index in [0.29, 0.717) is 12.2 Å². The highest BCUT2D eigenvalue weighted by Gasteiger charge is 2.23. The Morgan fingerprint density at radius 2 is 2.20 bits per heavy atom. The average Bonchev–Trinajstić information content (AvgIpc) is 2.67. The van der Waals surface area contributed by atoms with Crippen molar-refractivity contribution in [2.75, 3.05) is 0 Å². The van der Waals surface area contributed by atoms with Crippen molar-refractivity contribution < 1.29 is 4.74 Å². The molecular formula is C9H18O. The van der Waals surface area contributed by atoms with Gasteiger partial charge in [0.25, 0.3) is 0 Å². The molecule has 1 aliphatic rings. The summed E-state index contributed by atoms with van der Waals surface area (Å²) in [5, 5.41) is 0. The normalized spacial score (nSPS) is 21.0. The van der Waals surface area contributed by atoms with Crippen LogP contribution >= 0.6 is 0 Å². The predicted octanol–water partition coefficient (Wildman–Crippen LogP) is 2.74. The molecule has 0 aromatic carbocycles. The summed E-state index contributed by atoms with van der Waals surface area (Å²) in [5.74, 6) is 0. The Hall–Kier alpha value is -0.0400. The molecule has 0 aliphatic heterocycles. The predicted molar refractivity (Wildman–Crippen MR) is 43.1 cm³/mol. The van der Waals surface area contributed by atoms with Crippen molar-refractivity contribution in [2.45, 2.75) is 58.2 Å². The van der Waals surface area contributed by atoms with Crippen LogP contribution in [0.3, 0.4) is 0 Å². The molecule has 1 nitrogen and oxygen atoms in total. The lowest BCUT2D eigenvalue weighted by Gasteiger charge is -2.10. The minimum absolute atomic E-state index is 0.507. The number of unbranched alkanes of at least 4 members (excludes halogenated alkanes) is 1. The van der Waals surface area contributed by atoms with Gasteiger partial charge in [-0.1, -0.05) is 19.8 Å². The molecule has 0 radical (unpaired) electrons. The van der Waals surface area contributed by atoms with Crippen LogP contribution in [0.4, 0.5) is 0 Å². The summed E-state index contributed by atoms with van der Waals surface area (Å²) in [6.45, 7) is 4.41. The molecule has 0 spiro atoms. The average molecular weight is 142 g/mol. The van der Waals surface area contributed by atoms with Crippen LogP contribution in [0.2, 0.25) is 0 Å². The molecule has 1 heteroatoms. The Morgan fingerprint density at radius 1 is 1.50 bits per heavy atom. The molecule has 1 atom stereocenters. The maximum atomic E-state index is 5.66. The van der Waals surface area contributed by atoms with Gasteiger partial charge in [0, 0.05) is 0 Å². The standard InChI is InChI=1S/C9H18O/c1-3-4-5-8(2)10-9-6-7-9/h8-9H,3-7H2,1-2H3. The van der Waals surface area contributed by atoms with E-state index >= 15 is 0 Å². The first-order valence-electron chi connectivity index (χ1n) is 4.48. The zero-order valence-electron chi connectivity index (χ0n) is 7.10. The first kappa shape index (κ1) is 8.06. The van der Waals surface area contributed by atoms with E-state index in [9.17, 15) is 0 Å². The maximum absolute atomic E-state index is 5.66. The van der Waals surface area contributed by atoms with Gasteiger partial charge in [0.1, 0.15) is 0 Å². The number of hydrogen-bond donors (Lipinski definition) is 0. The Morgan fingerprint density at radius 3 is 2.70 bits per heavy atom. The van der Waals surface area contributed by atoms with Gasteiger partial charge in [0.2, 0.25) is 0 Å². The zero-order valence-corrected chi connectivity index (χ0v) is 7.10. The van der Waals surface area contributed by atoms with E-state index in [0.717, 1.165) is 0 Å². The van der Waals surface area contributed by atoms with Crippen LogP contribution in [0.25, 0.3) is 0 Å². The van der Waals surface area contributed by atoms with Crippen molar-refractivity contribution in [3.63, 3.8) is 0 Å². The Labute approximate surface area is 63.8 Å². The van der Waals surface area contributed by atoms with E-state index in [1.807, 2.05) is 0 Å². The number of rotatable bonds is 5. The largest absolute Gasteiger partial charge is 0.375 e. The third-order valence-electron chi connectivity index (χ3n) is 1.91. The summed E-state index contributed by atoms with van der Waals surface area (Å²) in [7, 11) is 0. The first-order chi connectivity index (χ1) is 4.83. The van der Waals surface area contributed by atoms with Crippen molar-refractivity contribution in [1.29, 1.82) is 0 Å². The van der Waals surface area contributed by atoms with Crippen molar-refractivity contribution in [3.8, 4) is 0 Å². The molecule has 60 valence electrons. The van der Waals surface area contributed by atoms with E-state index in [1.54, 1.807) is 0 Å². The zero-order chi connectivity index (χ0) is 7.40. The van der Waals surface area contributed by atoms with Crippen molar-refractivity contribution in [3.05, 3.63) is 0 Å². The quantitative estimate of drug-likeness (QED) is 0.573. The van der Waals surface area contributed by atoms with Gasteiger partial charge in [0.05, 0.1) is 12.2 Å². The van der Waals surface area contributed by atoms with Crippen LogP contribution < -0.4 is 0 Å². The van der Waals surface area contributed by atoms with Crippen LogP contribution in [-0.4, -0.2) is 12.2 Å². The number of hydrogen-bond acceptors (Lipinski definition) is 1. The van der Waals surface area contributed by atoms with Gasteiger partial charge in [-0.25, -0.2) is 0 Å². The summed E-state index contributed by atoms with van der Waals surface area (Å²) >= 11 is 0. The summed E-state index contributed by atoms with van der Waals surface area (Å²) in [6, 6.07) is 0. The number of ether oxygens (including phenoxy) is 1. The fourth-order valence-corrected chi connectivity index (χ4v) is 1.09. The van der Waals surface area contributed by atoms with E-state index < -0.39 is 0 Å². The van der Waals surface area contributed by atoms with E-state index in [1.165, 1.54) is 32.1 Å². The molecule has 0 heterocycles. The lowest BCUT2D eigenvalue weighted by atomic mass is 10.2. The Kier molecular flexibility index (Phi) is 3.20. The van der Waals surface area contributed by atoms with E-state index in [4.69, 9.17) is 4.74 Å². The molecule has 0 aromatic rings. The molecule has 1 saturated carbocycles. The molecule has 1 fully saturated rings. The highest BCUT2D eigenvalue weighted by atomic mass is 16.5. The molecule has 0 aromatic heterocycles. The van der Waals surface area contributed by atoms with Gasteiger partial charge < -0.3 is 4.74 Å². The Bertz CT molecular complexity index is 86.7. The van der Waals surface area contributed by atoms with Crippen molar-refractivity contribution in [2.24, 2.45) is 0 Å². The lowest BCUT2D eigenvalue weighted by molar-refractivity contribution is 0.0456. The van der Waals surface area contributed by atoms with Gasteiger partial charge in [0.15, 0.2) is 0 Å². The monoisotopic (exact) mass is 142 g/mol. The SMILES string of the molecule is CCCCC(C)OC1CC1. The second kappa shape index (κ2) is 3.97. The fourth-order valence-electron chi connectivity index (χ4n) is 1.09. The van der Waals surface area contributed by atoms with E-state index in [2.05, 4.69) is 13.8 Å². The third-order valence-corrected chi connectivity index (χ3v) is 1.91. The molecular weight excluding hydrogens is 124 g/mol. The van der Waals surface area contributed by atoms with Crippen LogP contribution in [0.1, 0.15) is 46.0 Å². The topological polar surface area (TPSA) is 9.23 Å². The molecule has 0 bridgehead atoms. The molecule has 0 saturated heterocycles. The minimum Gasteiger partial charge on any atom is -0.375 e. The third kappa shape index (κ3) is 3.21. The second-order valence-corrected chi connectivity index (χ2v) is 3.29. The maximum Gasteiger partial charge on any atom is 0.0580 e. The fraction of sp³-hybridized carbons (Fsp3) is 1.00. The van der Waals surface area contributed by atoms with Crippen LogP contribution in [0.15, 0.2) is 0 Å². The van der Waals surface area contributed by atoms with Gasteiger partial charge >= 0.3 is 0 Å². The van der Waals surface area contributed by atoms with Gasteiger partial charge in [-0.2, -0.15) is 0 Å². The van der Waals surface area contributed by atoms with Gasteiger partial charge in [-0.05, 0) is 26.2 Å². The second-order valence-electron chi connectivity index (χ2n) is 3.29. The minimum atomic E-state index is 0.507. The smallest absolute Gasteiger partial charge is 0.0580 e. The van der Waals surface area contributed by atoms with Crippen molar-refractivity contribution in [1.82, 2.24) is 0 Å². The first-order valence-corrected chi connectivity index (χ1v) is 4.48. The molecule has 1 aliphatic carbocycles. The molecule has 1 unspecified atom stereocenters. The van der Waals surface area contributed by atoms with Gasteiger partial charge in [-0.15, -0.1) is 0 Å². The van der Waals surface area contributed by atoms with Gasteiger partial charge in [-0.3, -0.25) is 0 Å². The summed E-state index contributed by atoms with van der Waals surface area (Å²) < 4.78 is 5.66. The molecule has 0 amide bonds. The highest BCUT2D eigenvalue weighted by Crippen LogP contribution is 2.25. The highest BCUT2D eigenvalue weighted by molar-refractivity contribution is 4.74. The lowest BCUT2D eigenvalue weighted by Crippen LogP contribution is -2.08. The Balaban J connectivity index is 1.91. The van der Waals surface area contributed by atoms with Crippen LogP contribution in [-0.2, 0) is 4.74 Å². The summed E-state index contributed by atoms with van der Waals surface area (Å²) in [4.78, 5) is 0. The summed E-state index contributed by atoms with van der Waals surface area (Å²) in [6.07, 6.45) is 7.59. The van der Waals surface area contributed by atoms with Crippen molar-refractivity contribution >= 4 is 0 Å². The summed E-state index contributed by atoms with van der Waals surface area (Å²) in [5.41, 5.74) is 0. The molecule has 10 heavy (non-hydrogen) atoms. The van der Waals surface area contributed by atoms with Crippen LogP contribution in [0, 0.1) is 0 Å². The molecule has 1 rings (SSSR count). The molecule has 0 N–H and O–H groups in total. The van der Waals surface area contributed by atoms with Crippen LogP contribution in [0.5, 0.6) is 0 Å².